The highest BCUT2D eigenvalue weighted by atomic mass is 31.2. The van der Waals surface area contributed by atoms with E-state index in [0.717, 1.165) is 10.6 Å². The Balaban J connectivity index is 2.56. The molecule has 2 aromatic carbocycles. The molecule has 1 N–H and O–H groups in total. The Labute approximate surface area is 120 Å². The molecule has 0 fully saturated rings. The van der Waals surface area contributed by atoms with Gasteiger partial charge in [-0.1, -0.05) is 60.7 Å². The van der Waals surface area contributed by atoms with Crippen molar-refractivity contribution in [2.75, 3.05) is 0 Å². The third-order valence-electron chi connectivity index (χ3n) is 2.97. The molecule has 0 spiro atoms. The monoisotopic (exact) mass is 286 g/mol. The van der Waals surface area contributed by atoms with Crippen molar-refractivity contribution in [1.82, 2.24) is 0 Å². The second-order valence-corrected chi connectivity index (χ2v) is 7.95. The second kappa shape index (κ2) is 5.78. The third kappa shape index (κ3) is 3.47. The van der Waals surface area contributed by atoms with Crippen LogP contribution in [-0.4, -0.2) is 10.7 Å². The molecule has 0 saturated heterocycles. The first-order chi connectivity index (χ1) is 9.42. The molecule has 0 amide bonds. The lowest BCUT2D eigenvalue weighted by Gasteiger charge is -2.18. The van der Waals surface area contributed by atoms with Crippen LogP contribution < -0.4 is 10.6 Å². The second-order valence-electron chi connectivity index (χ2n) is 5.30. The smallest absolute Gasteiger partial charge is 0.163 e. The molecule has 0 atom stereocenters. The summed E-state index contributed by atoms with van der Waals surface area (Å²) in [6.45, 7) is 3.34. The fourth-order valence-electron chi connectivity index (χ4n) is 1.91. The quantitative estimate of drug-likeness (QED) is 0.876. The highest BCUT2D eigenvalue weighted by molar-refractivity contribution is 7.81. The van der Waals surface area contributed by atoms with Crippen molar-refractivity contribution in [1.29, 1.82) is 0 Å². The average Bonchev–Trinajstić information content (AvgIpc) is 2.46. The molecule has 20 heavy (non-hydrogen) atoms. The minimum Gasteiger partial charge on any atom is -0.386 e. The largest absolute Gasteiger partial charge is 0.386 e. The predicted octanol–water partition coefficient (Wildman–Crippen LogP) is 3.29. The van der Waals surface area contributed by atoms with Crippen LogP contribution in [0.1, 0.15) is 13.8 Å². The minimum absolute atomic E-state index is 0.770. The summed E-state index contributed by atoms with van der Waals surface area (Å²) in [6.07, 6.45) is 1.60. The van der Waals surface area contributed by atoms with E-state index < -0.39 is 12.7 Å². The van der Waals surface area contributed by atoms with Crippen molar-refractivity contribution in [2.24, 2.45) is 0 Å². The third-order valence-corrected chi connectivity index (χ3v) is 5.67. The lowest BCUT2D eigenvalue weighted by Crippen LogP contribution is -2.17. The van der Waals surface area contributed by atoms with E-state index >= 15 is 0 Å². The van der Waals surface area contributed by atoms with Crippen LogP contribution in [0.5, 0.6) is 0 Å². The van der Waals surface area contributed by atoms with Crippen molar-refractivity contribution in [3.05, 3.63) is 72.6 Å². The van der Waals surface area contributed by atoms with Gasteiger partial charge in [-0.05, 0) is 25.7 Å². The van der Waals surface area contributed by atoms with Gasteiger partial charge in [0.05, 0.1) is 5.60 Å². The summed E-state index contributed by atoms with van der Waals surface area (Å²) in [4.78, 5) is 0. The summed E-state index contributed by atoms with van der Waals surface area (Å²) < 4.78 is 13.5. The molecular formula is C17H19O2P. The van der Waals surface area contributed by atoms with Gasteiger partial charge < -0.3 is 9.67 Å². The molecule has 0 radical (unpaired) electrons. The van der Waals surface area contributed by atoms with E-state index in [9.17, 15) is 9.67 Å². The maximum absolute atomic E-state index is 13.5. The normalized spacial score (nSPS) is 12.8. The zero-order valence-electron chi connectivity index (χ0n) is 11.7. The van der Waals surface area contributed by atoms with Crippen molar-refractivity contribution < 1.29 is 9.67 Å². The Morgan fingerprint density at radius 1 is 0.900 bits per heavy atom. The highest BCUT2D eigenvalue weighted by Crippen LogP contribution is 2.45. The van der Waals surface area contributed by atoms with Crippen LogP contribution in [0.25, 0.3) is 0 Å². The van der Waals surface area contributed by atoms with Crippen molar-refractivity contribution in [2.45, 2.75) is 19.4 Å². The first-order valence-corrected chi connectivity index (χ1v) is 8.33. The molecule has 0 bridgehead atoms. The fraction of sp³-hybridized carbons (Fsp3) is 0.176. The van der Waals surface area contributed by atoms with Crippen LogP contribution >= 0.6 is 7.14 Å². The molecule has 2 rings (SSSR count). The SMILES string of the molecule is CC(C)(O)/C=C/P(=O)(c1ccccc1)c1ccccc1. The van der Waals surface area contributed by atoms with Gasteiger partial charge in [0.1, 0.15) is 0 Å². The van der Waals surface area contributed by atoms with Gasteiger partial charge in [0.25, 0.3) is 0 Å². The van der Waals surface area contributed by atoms with Crippen LogP contribution in [0, 0.1) is 0 Å². The van der Waals surface area contributed by atoms with Crippen LogP contribution in [0.4, 0.5) is 0 Å². The first-order valence-electron chi connectivity index (χ1n) is 6.55. The maximum atomic E-state index is 13.5. The summed E-state index contributed by atoms with van der Waals surface area (Å²) in [5, 5.41) is 11.4. The van der Waals surface area contributed by atoms with Gasteiger partial charge in [-0.2, -0.15) is 0 Å². The van der Waals surface area contributed by atoms with Crippen molar-refractivity contribution >= 4 is 17.8 Å². The molecule has 0 aliphatic carbocycles. The average molecular weight is 286 g/mol. The molecule has 0 aliphatic heterocycles. The summed E-state index contributed by atoms with van der Waals surface area (Å²) in [5.74, 6) is 1.65. The summed E-state index contributed by atoms with van der Waals surface area (Å²) in [7, 11) is -2.86. The molecule has 104 valence electrons. The van der Waals surface area contributed by atoms with E-state index in [0.29, 0.717) is 0 Å². The predicted molar refractivity (Wildman–Crippen MR) is 85.2 cm³/mol. The van der Waals surface area contributed by atoms with E-state index in [1.54, 1.807) is 25.7 Å². The van der Waals surface area contributed by atoms with E-state index in [-0.39, 0.29) is 0 Å². The van der Waals surface area contributed by atoms with E-state index in [4.69, 9.17) is 0 Å². The Hall–Kier alpha value is -1.63. The van der Waals surface area contributed by atoms with Crippen LogP contribution in [0.3, 0.4) is 0 Å². The number of benzene rings is 2. The molecule has 3 heteroatoms. The van der Waals surface area contributed by atoms with Gasteiger partial charge in [-0.15, -0.1) is 0 Å². The molecule has 0 saturated carbocycles. The lowest BCUT2D eigenvalue weighted by molar-refractivity contribution is 0.133. The Kier molecular flexibility index (Phi) is 4.27. The minimum atomic E-state index is -2.86. The molecule has 0 heterocycles. The van der Waals surface area contributed by atoms with Crippen molar-refractivity contribution in [3.8, 4) is 0 Å². The number of rotatable bonds is 4. The molecule has 0 aliphatic rings. The summed E-state index contributed by atoms with van der Waals surface area (Å²) >= 11 is 0. The lowest BCUT2D eigenvalue weighted by atomic mass is 10.1. The Morgan fingerprint density at radius 2 is 1.30 bits per heavy atom. The summed E-state index contributed by atoms with van der Waals surface area (Å²) in [6, 6.07) is 18.8. The molecule has 2 nitrogen and oxygen atoms in total. The van der Waals surface area contributed by atoms with Gasteiger partial charge in [0, 0.05) is 10.6 Å². The number of hydrogen-bond donors (Lipinski definition) is 1. The van der Waals surface area contributed by atoms with Gasteiger partial charge in [0.15, 0.2) is 7.14 Å². The number of hydrogen-bond acceptors (Lipinski definition) is 2. The Bertz CT molecular complexity index is 582. The maximum Gasteiger partial charge on any atom is 0.163 e. The fourth-order valence-corrected chi connectivity index (χ4v) is 4.35. The Morgan fingerprint density at radius 3 is 1.65 bits per heavy atom. The standard InChI is InChI=1S/C17H19O2P/c1-17(2,18)13-14-20(19,15-9-5-3-6-10-15)16-11-7-4-8-12-16/h3-14,18H,1-2H3/b14-13+. The zero-order valence-corrected chi connectivity index (χ0v) is 12.6. The van der Waals surface area contributed by atoms with Gasteiger partial charge >= 0.3 is 0 Å². The van der Waals surface area contributed by atoms with E-state index in [2.05, 4.69) is 0 Å². The van der Waals surface area contributed by atoms with Gasteiger partial charge in [-0.25, -0.2) is 0 Å². The molecular weight excluding hydrogens is 267 g/mol. The highest BCUT2D eigenvalue weighted by Gasteiger charge is 2.24. The van der Waals surface area contributed by atoms with E-state index in [1.165, 1.54) is 0 Å². The van der Waals surface area contributed by atoms with E-state index in [1.807, 2.05) is 60.7 Å². The van der Waals surface area contributed by atoms with Crippen LogP contribution in [-0.2, 0) is 4.57 Å². The molecule has 0 unspecified atom stereocenters. The van der Waals surface area contributed by atoms with Gasteiger partial charge in [0.2, 0.25) is 0 Å². The van der Waals surface area contributed by atoms with Crippen molar-refractivity contribution in [3.63, 3.8) is 0 Å². The zero-order chi connectivity index (χ0) is 14.6. The summed E-state index contributed by atoms with van der Waals surface area (Å²) in [5.41, 5.74) is -0.987. The van der Waals surface area contributed by atoms with Crippen LogP contribution in [0.2, 0.25) is 0 Å². The topological polar surface area (TPSA) is 37.3 Å². The number of aliphatic hydroxyl groups is 1. The first kappa shape index (κ1) is 14.8. The molecule has 2 aromatic rings. The molecule has 0 aromatic heterocycles. The van der Waals surface area contributed by atoms with Crippen LogP contribution in [0.15, 0.2) is 72.6 Å². The van der Waals surface area contributed by atoms with Gasteiger partial charge in [-0.3, -0.25) is 0 Å².